The molecule has 5 heteroatoms. The van der Waals surface area contributed by atoms with Crippen molar-refractivity contribution in [2.75, 3.05) is 6.54 Å². The monoisotopic (exact) mass is 281 g/mol. The molecule has 0 radical (unpaired) electrons. The Kier molecular flexibility index (Phi) is 4.60. The normalized spacial score (nSPS) is 15.0. The van der Waals surface area contributed by atoms with Crippen LogP contribution in [0.3, 0.4) is 0 Å². The van der Waals surface area contributed by atoms with Crippen LogP contribution in [0.2, 0.25) is 0 Å². The Morgan fingerprint density at radius 3 is 2.89 bits per heavy atom. The van der Waals surface area contributed by atoms with E-state index in [2.05, 4.69) is 41.7 Å². The van der Waals surface area contributed by atoms with Gasteiger partial charge in [0.2, 0.25) is 0 Å². The minimum absolute atomic E-state index is 0.280. The molecule has 0 aliphatic rings. The van der Waals surface area contributed by atoms with E-state index in [1.807, 2.05) is 6.92 Å². The second-order valence-electron chi connectivity index (χ2n) is 5.22. The highest BCUT2D eigenvalue weighted by atomic mass is 32.1. The van der Waals surface area contributed by atoms with E-state index in [4.69, 9.17) is 0 Å². The lowest BCUT2D eigenvalue weighted by molar-refractivity contribution is 0.112. The van der Waals surface area contributed by atoms with Crippen molar-refractivity contribution < 1.29 is 5.11 Å². The van der Waals surface area contributed by atoms with Gasteiger partial charge in [-0.1, -0.05) is 20.3 Å². The molecule has 0 aliphatic carbocycles. The molecule has 0 aromatic carbocycles. The fraction of sp³-hybridized carbons (Fsp3) is 0.643. The molecule has 2 N–H and O–H groups in total. The van der Waals surface area contributed by atoms with Crippen LogP contribution in [-0.2, 0) is 6.54 Å². The summed E-state index contributed by atoms with van der Waals surface area (Å²) in [4.78, 5) is 6.88. The van der Waals surface area contributed by atoms with Gasteiger partial charge in [0.1, 0.15) is 0 Å². The van der Waals surface area contributed by atoms with E-state index >= 15 is 0 Å². The van der Waals surface area contributed by atoms with Gasteiger partial charge in [0, 0.05) is 24.2 Å². The molecule has 0 bridgehead atoms. The number of hydrogen-bond acceptors (Lipinski definition) is 4. The van der Waals surface area contributed by atoms with Crippen molar-refractivity contribution in [2.45, 2.75) is 46.8 Å². The Morgan fingerprint density at radius 1 is 1.47 bits per heavy atom. The molecule has 0 saturated carbocycles. The van der Waals surface area contributed by atoms with Gasteiger partial charge in [-0.05, 0) is 19.8 Å². The predicted molar refractivity (Wildman–Crippen MR) is 79.7 cm³/mol. The van der Waals surface area contributed by atoms with E-state index in [0.29, 0.717) is 12.5 Å². The first kappa shape index (κ1) is 14.5. The summed E-state index contributed by atoms with van der Waals surface area (Å²) < 4.78 is 2.15. The number of imidazole rings is 1. The van der Waals surface area contributed by atoms with E-state index in [1.54, 1.807) is 11.3 Å². The van der Waals surface area contributed by atoms with E-state index in [1.165, 1.54) is 10.6 Å². The number of aromatic nitrogens is 2. The molecule has 2 aromatic rings. The molecule has 2 rings (SSSR count). The third-order valence-electron chi connectivity index (χ3n) is 3.69. The van der Waals surface area contributed by atoms with E-state index < -0.39 is 0 Å². The van der Waals surface area contributed by atoms with Crippen LogP contribution in [-0.4, -0.2) is 27.1 Å². The summed E-state index contributed by atoms with van der Waals surface area (Å²) in [5.41, 5.74) is 2.26. The second kappa shape index (κ2) is 6.03. The minimum atomic E-state index is -0.280. The number of thiazole rings is 1. The smallest absolute Gasteiger partial charge is 0.194 e. The Hall–Kier alpha value is -0.910. The van der Waals surface area contributed by atoms with Crippen molar-refractivity contribution in [1.82, 2.24) is 14.7 Å². The molecule has 4 nitrogen and oxygen atoms in total. The molecule has 0 fully saturated rings. The van der Waals surface area contributed by atoms with Crippen molar-refractivity contribution in [2.24, 2.45) is 5.92 Å². The summed E-state index contributed by atoms with van der Waals surface area (Å²) in [6, 6.07) is 0. The third kappa shape index (κ3) is 3.16. The fourth-order valence-electron chi connectivity index (χ4n) is 2.13. The number of hydrogen-bond donors (Lipinski definition) is 2. The molecule has 2 aromatic heterocycles. The van der Waals surface area contributed by atoms with Gasteiger partial charge in [0.05, 0.1) is 17.5 Å². The lowest BCUT2D eigenvalue weighted by atomic mass is 10.0. The summed E-state index contributed by atoms with van der Waals surface area (Å²) in [5.74, 6) is 0.336. The van der Waals surface area contributed by atoms with Crippen molar-refractivity contribution in [3.8, 4) is 0 Å². The summed E-state index contributed by atoms with van der Waals surface area (Å²) >= 11 is 1.71. The minimum Gasteiger partial charge on any atom is -0.392 e. The zero-order valence-electron chi connectivity index (χ0n) is 12.1. The molecule has 19 heavy (non-hydrogen) atoms. The largest absolute Gasteiger partial charge is 0.392 e. The fourth-order valence-corrected chi connectivity index (χ4v) is 3.02. The van der Waals surface area contributed by atoms with E-state index in [0.717, 1.165) is 23.6 Å². The van der Waals surface area contributed by atoms with Crippen LogP contribution in [0.1, 0.15) is 36.5 Å². The Labute approximate surface area is 118 Å². The first-order valence-electron chi connectivity index (χ1n) is 6.85. The van der Waals surface area contributed by atoms with Crippen molar-refractivity contribution >= 4 is 16.3 Å². The Bertz CT molecular complexity index is 546. The average Bonchev–Trinajstić information content (AvgIpc) is 2.85. The van der Waals surface area contributed by atoms with Crippen molar-refractivity contribution in [3.05, 3.63) is 22.5 Å². The third-order valence-corrected chi connectivity index (χ3v) is 4.59. The number of nitrogens with one attached hydrogen (secondary N) is 1. The maximum atomic E-state index is 9.95. The van der Waals surface area contributed by atoms with Crippen LogP contribution in [0.15, 0.2) is 6.20 Å². The van der Waals surface area contributed by atoms with Gasteiger partial charge in [0.25, 0.3) is 0 Å². The first-order chi connectivity index (χ1) is 9.02. The molecule has 0 aliphatic heterocycles. The molecule has 0 spiro atoms. The van der Waals surface area contributed by atoms with Gasteiger partial charge in [-0.2, -0.15) is 0 Å². The van der Waals surface area contributed by atoms with Crippen LogP contribution in [0, 0.1) is 19.8 Å². The quantitative estimate of drug-likeness (QED) is 0.855. The standard InChI is InChI=1S/C14H23N3OS/c1-5-9(2)13(18)7-15-6-12-11(4)16-14-17(12)8-10(3)19-14/h8-9,13,15,18H,5-7H2,1-4H3. The number of aliphatic hydroxyl groups is 1. The lowest BCUT2D eigenvalue weighted by Gasteiger charge is -2.17. The Balaban J connectivity index is 1.99. The summed E-state index contributed by atoms with van der Waals surface area (Å²) in [6.45, 7) is 9.70. The van der Waals surface area contributed by atoms with Gasteiger partial charge in [0.15, 0.2) is 4.96 Å². The molecule has 2 heterocycles. The zero-order valence-corrected chi connectivity index (χ0v) is 12.9. The molecular formula is C14H23N3OS. The number of aryl methyl sites for hydroxylation is 2. The summed E-state index contributed by atoms with van der Waals surface area (Å²) in [6.07, 6.45) is 2.85. The molecule has 0 saturated heterocycles. The van der Waals surface area contributed by atoms with Crippen LogP contribution in [0.5, 0.6) is 0 Å². The molecule has 2 atom stereocenters. The van der Waals surface area contributed by atoms with Crippen LogP contribution < -0.4 is 5.32 Å². The van der Waals surface area contributed by atoms with E-state index in [9.17, 15) is 5.11 Å². The number of rotatable bonds is 6. The van der Waals surface area contributed by atoms with Crippen LogP contribution >= 0.6 is 11.3 Å². The van der Waals surface area contributed by atoms with Gasteiger partial charge < -0.3 is 10.4 Å². The van der Waals surface area contributed by atoms with Gasteiger partial charge in [-0.25, -0.2) is 4.98 Å². The van der Waals surface area contributed by atoms with Crippen LogP contribution in [0.4, 0.5) is 0 Å². The van der Waals surface area contributed by atoms with Gasteiger partial charge >= 0.3 is 0 Å². The average molecular weight is 281 g/mol. The first-order valence-corrected chi connectivity index (χ1v) is 7.67. The Morgan fingerprint density at radius 2 is 2.21 bits per heavy atom. The highest BCUT2D eigenvalue weighted by molar-refractivity contribution is 7.17. The van der Waals surface area contributed by atoms with Gasteiger partial charge in [-0.3, -0.25) is 4.40 Å². The number of fused-ring (bicyclic) bond motifs is 1. The predicted octanol–water partition coefficient (Wildman–Crippen LogP) is 2.51. The highest BCUT2D eigenvalue weighted by Gasteiger charge is 2.14. The SMILES string of the molecule is CCC(C)C(O)CNCc1c(C)nc2sc(C)cn12. The van der Waals surface area contributed by atoms with Crippen molar-refractivity contribution in [1.29, 1.82) is 0 Å². The molecule has 2 unspecified atom stereocenters. The van der Waals surface area contributed by atoms with Gasteiger partial charge in [-0.15, -0.1) is 11.3 Å². The van der Waals surface area contributed by atoms with Crippen molar-refractivity contribution in [3.63, 3.8) is 0 Å². The lowest BCUT2D eigenvalue weighted by Crippen LogP contribution is -2.31. The maximum Gasteiger partial charge on any atom is 0.194 e. The summed E-state index contributed by atoms with van der Waals surface area (Å²) in [7, 11) is 0. The van der Waals surface area contributed by atoms with E-state index in [-0.39, 0.29) is 6.10 Å². The highest BCUT2D eigenvalue weighted by Crippen LogP contribution is 2.20. The topological polar surface area (TPSA) is 49.6 Å². The molecule has 106 valence electrons. The second-order valence-corrected chi connectivity index (χ2v) is 6.44. The maximum absolute atomic E-state index is 9.95. The summed E-state index contributed by atoms with van der Waals surface area (Å²) in [5, 5.41) is 13.3. The zero-order chi connectivity index (χ0) is 14.0. The number of aliphatic hydroxyl groups excluding tert-OH is 1. The van der Waals surface area contributed by atoms with Crippen LogP contribution in [0.25, 0.3) is 4.96 Å². The number of nitrogens with zero attached hydrogens (tertiary/aromatic N) is 2. The molecule has 0 amide bonds. The molecular weight excluding hydrogens is 258 g/mol.